The summed E-state index contributed by atoms with van der Waals surface area (Å²) < 4.78 is 16.3. The molecule has 100 valence electrons. The Morgan fingerprint density at radius 1 is 1.28 bits per heavy atom. The van der Waals surface area contributed by atoms with Gasteiger partial charge in [0.15, 0.2) is 0 Å². The van der Waals surface area contributed by atoms with Crippen LogP contribution < -0.4 is 14.8 Å². The number of methoxy groups -OCH3 is 2. The smallest absolute Gasteiger partial charge is 0.126 e. The molecule has 0 radical (unpaired) electrons. The monoisotopic (exact) mass is 251 g/mol. The molecule has 1 fully saturated rings. The van der Waals surface area contributed by atoms with Gasteiger partial charge >= 0.3 is 0 Å². The third-order valence-corrected chi connectivity index (χ3v) is 3.53. The Morgan fingerprint density at radius 2 is 2.00 bits per heavy atom. The summed E-state index contributed by atoms with van der Waals surface area (Å²) in [4.78, 5) is 0. The highest BCUT2D eigenvalue weighted by molar-refractivity contribution is 5.51. The molecule has 1 aliphatic rings. The maximum Gasteiger partial charge on any atom is 0.126 e. The highest BCUT2D eigenvalue weighted by atomic mass is 16.5. The summed E-state index contributed by atoms with van der Waals surface area (Å²) in [5.74, 6) is 1.71. The van der Waals surface area contributed by atoms with Crippen LogP contribution in [0.4, 0.5) is 0 Å². The summed E-state index contributed by atoms with van der Waals surface area (Å²) in [6, 6.07) is 3.99. The van der Waals surface area contributed by atoms with Crippen LogP contribution in [0.15, 0.2) is 12.1 Å². The minimum absolute atomic E-state index is 0.0243. The van der Waals surface area contributed by atoms with Crippen LogP contribution in [0.2, 0.25) is 0 Å². The van der Waals surface area contributed by atoms with Gasteiger partial charge in [-0.05, 0) is 25.6 Å². The molecule has 0 amide bonds. The first-order chi connectivity index (χ1) is 8.66. The van der Waals surface area contributed by atoms with E-state index in [1.54, 1.807) is 14.2 Å². The van der Waals surface area contributed by atoms with Gasteiger partial charge in [0.1, 0.15) is 11.5 Å². The lowest BCUT2D eigenvalue weighted by molar-refractivity contribution is -0.0594. The van der Waals surface area contributed by atoms with Gasteiger partial charge in [-0.25, -0.2) is 0 Å². The Bertz CT molecular complexity index is 427. The Labute approximate surface area is 108 Å². The first-order valence-corrected chi connectivity index (χ1v) is 6.12. The van der Waals surface area contributed by atoms with Crippen molar-refractivity contribution in [3.63, 3.8) is 0 Å². The molecule has 1 aromatic rings. The van der Waals surface area contributed by atoms with E-state index >= 15 is 0 Å². The molecular formula is C14H21NO3. The van der Waals surface area contributed by atoms with E-state index < -0.39 is 0 Å². The summed E-state index contributed by atoms with van der Waals surface area (Å²) in [6.07, 6.45) is 0. The molecule has 18 heavy (non-hydrogen) atoms. The number of hydrogen-bond donors (Lipinski definition) is 1. The molecule has 4 heteroatoms. The highest BCUT2D eigenvalue weighted by Crippen LogP contribution is 2.41. The molecule has 0 atom stereocenters. The van der Waals surface area contributed by atoms with Crippen LogP contribution in [0, 0.1) is 6.92 Å². The number of hydrogen-bond acceptors (Lipinski definition) is 4. The fraction of sp³-hybridized carbons (Fsp3) is 0.571. The van der Waals surface area contributed by atoms with Gasteiger partial charge in [0.25, 0.3) is 0 Å². The number of rotatable bonds is 5. The van der Waals surface area contributed by atoms with Crippen LogP contribution in [0.3, 0.4) is 0 Å². The predicted octanol–water partition coefficient (Wildman–Crippen LogP) is 1.50. The SMILES string of the molecule is CNCC1(c2c(C)cc(OC)cc2OC)COC1. The van der Waals surface area contributed by atoms with Gasteiger partial charge in [0.05, 0.1) is 32.8 Å². The van der Waals surface area contributed by atoms with Crippen molar-refractivity contribution in [1.29, 1.82) is 0 Å². The minimum atomic E-state index is 0.0243. The van der Waals surface area contributed by atoms with Crippen molar-refractivity contribution >= 4 is 0 Å². The third-order valence-electron chi connectivity index (χ3n) is 3.53. The van der Waals surface area contributed by atoms with Crippen LogP contribution in [0.1, 0.15) is 11.1 Å². The number of aryl methyl sites for hydroxylation is 1. The third kappa shape index (κ3) is 2.06. The summed E-state index contributed by atoms with van der Waals surface area (Å²) >= 11 is 0. The highest BCUT2D eigenvalue weighted by Gasteiger charge is 2.43. The topological polar surface area (TPSA) is 39.7 Å². The number of benzene rings is 1. The molecule has 1 aromatic carbocycles. The Kier molecular flexibility index (Phi) is 3.78. The molecule has 0 bridgehead atoms. The van der Waals surface area contributed by atoms with E-state index in [2.05, 4.69) is 12.2 Å². The largest absolute Gasteiger partial charge is 0.497 e. The van der Waals surface area contributed by atoms with Gasteiger partial charge in [0, 0.05) is 18.2 Å². The summed E-state index contributed by atoms with van der Waals surface area (Å²) in [7, 11) is 5.33. The second kappa shape index (κ2) is 5.16. The van der Waals surface area contributed by atoms with Crippen molar-refractivity contribution in [1.82, 2.24) is 5.32 Å². The number of likely N-dealkylation sites (N-methyl/N-ethyl adjacent to an activating group) is 1. The van der Waals surface area contributed by atoms with Gasteiger partial charge in [-0.15, -0.1) is 0 Å². The fourth-order valence-electron chi connectivity index (χ4n) is 2.70. The molecule has 1 heterocycles. The molecular weight excluding hydrogens is 230 g/mol. The van der Waals surface area contributed by atoms with Crippen molar-refractivity contribution in [2.45, 2.75) is 12.3 Å². The summed E-state index contributed by atoms with van der Waals surface area (Å²) in [5.41, 5.74) is 2.44. The Balaban J connectivity index is 2.48. The van der Waals surface area contributed by atoms with Crippen LogP contribution in [0.5, 0.6) is 11.5 Å². The fourth-order valence-corrected chi connectivity index (χ4v) is 2.70. The van der Waals surface area contributed by atoms with Gasteiger partial charge in [0.2, 0.25) is 0 Å². The Hall–Kier alpha value is -1.26. The van der Waals surface area contributed by atoms with E-state index in [4.69, 9.17) is 14.2 Å². The average Bonchev–Trinajstić information content (AvgIpc) is 2.33. The van der Waals surface area contributed by atoms with E-state index in [9.17, 15) is 0 Å². The van der Waals surface area contributed by atoms with Gasteiger partial charge in [-0.2, -0.15) is 0 Å². The lowest BCUT2D eigenvalue weighted by atomic mass is 9.76. The molecule has 0 aliphatic carbocycles. The van der Waals surface area contributed by atoms with Crippen molar-refractivity contribution in [2.75, 3.05) is 41.0 Å². The average molecular weight is 251 g/mol. The normalized spacial score (nSPS) is 17.1. The summed E-state index contributed by atoms with van der Waals surface area (Å²) in [6.45, 7) is 4.45. The molecule has 0 spiro atoms. The van der Waals surface area contributed by atoms with E-state index in [0.717, 1.165) is 31.3 Å². The first kappa shape index (κ1) is 13.2. The van der Waals surface area contributed by atoms with Gasteiger partial charge in [-0.3, -0.25) is 0 Å². The van der Waals surface area contributed by atoms with Crippen molar-refractivity contribution in [2.24, 2.45) is 0 Å². The molecule has 1 N–H and O–H groups in total. The van der Waals surface area contributed by atoms with Crippen molar-refractivity contribution in [3.8, 4) is 11.5 Å². The minimum Gasteiger partial charge on any atom is -0.497 e. The molecule has 2 rings (SSSR count). The van der Waals surface area contributed by atoms with Gasteiger partial charge < -0.3 is 19.5 Å². The molecule has 0 saturated carbocycles. The summed E-state index contributed by atoms with van der Waals surface area (Å²) in [5, 5.41) is 3.25. The molecule has 4 nitrogen and oxygen atoms in total. The zero-order chi connectivity index (χ0) is 13.2. The van der Waals surface area contributed by atoms with E-state index in [-0.39, 0.29) is 5.41 Å². The molecule has 1 saturated heterocycles. The first-order valence-electron chi connectivity index (χ1n) is 6.12. The van der Waals surface area contributed by atoms with Crippen LogP contribution in [-0.4, -0.2) is 41.0 Å². The van der Waals surface area contributed by atoms with E-state index in [1.165, 1.54) is 11.1 Å². The van der Waals surface area contributed by atoms with E-state index in [1.807, 2.05) is 19.2 Å². The lowest BCUT2D eigenvalue weighted by Crippen LogP contribution is -2.53. The van der Waals surface area contributed by atoms with Crippen LogP contribution >= 0.6 is 0 Å². The zero-order valence-corrected chi connectivity index (χ0v) is 11.5. The quantitative estimate of drug-likeness (QED) is 0.861. The van der Waals surface area contributed by atoms with Crippen molar-refractivity contribution < 1.29 is 14.2 Å². The number of ether oxygens (including phenoxy) is 3. The maximum absolute atomic E-state index is 5.53. The zero-order valence-electron chi connectivity index (χ0n) is 11.5. The van der Waals surface area contributed by atoms with Gasteiger partial charge in [-0.1, -0.05) is 0 Å². The Morgan fingerprint density at radius 3 is 2.44 bits per heavy atom. The molecule has 0 unspecified atom stereocenters. The predicted molar refractivity (Wildman–Crippen MR) is 70.7 cm³/mol. The lowest BCUT2D eigenvalue weighted by Gasteiger charge is -2.43. The van der Waals surface area contributed by atoms with E-state index in [0.29, 0.717) is 0 Å². The van der Waals surface area contributed by atoms with Crippen LogP contribution in [0.25, 0.3) is 0 Å². The standard InChI is InChI=1S/C14H21NO3/c1-10-5-11(16-3)6-12(17-4)13(10)14(7-15-2)8-18-9-14/h5-6,15H,7-9H2,1-4H3. The molecule has 0 aromatic heterocycles. The molecule has 1 aliphatic heterocycles. The second-order valence-electron chi connectivity index (χ2n) is 4.83. The maximum atomic E-state index is 5.53. The second-order valence-corrected chi connectivity index (χ2v) is 4.83. The van der Waals surface area contributed by atoms with Crippen molar-refractivity contribution in [3.05, 3.63) is 23.3 Å². The number of nitrogens with one attached hydrogen (secondary N) is 1. The van der Waals surface area contributed by atoms with Crippen LogP contribution in [-0.2, 0) is 10.2 Å².